The third kappa shape index (κ3) is 7.13. The minimum absolute atomic E-state index is 0.0641. The van der Waals surface area contributed by atoms with Crippen molar-refractivity contribution in [3.05, 3.63) is 65.7 Å². The first kappa shape index (κ1) is 21.1. The lowest BCUT2D eigenvalue weighted by atomic mass is 10.2. The molecule has 0 heterocycles. The van der Waals surface area contributed by atoms with E-state index in [2.05, 4.69) is 10.0 Å². The fourth-order valence-corrected chi connectivity index (χ4v) is 3.42. The molecule has 0 saturated heterocycles. The molecule has 0 aromatic heterocycles. The maximum atomic E-state index is 12.5. The number of carbonyl (C=O) groups excluding carboxylic acids is 1. The van der Waals surface area contributed by atoms with E-state index in [1.165, 1.54) is 12.1 Å². The molecule has 0 bridgehead atoms. The molecule has 2 N–H and O–H groups in total. The monoisotopic (exact) mass is 390 g/mol. The van der Waals surface area contributed by atoms with Crippen LogP contribution in [0.25, 0.3) is 0 Å². The number of sulfonamides is 1. The average Bonchev–Trinajstić information content (AvgIpc) is 2.67. The van der Waals surface area contributed by atoms with Gasteiger partial charge in [-0.15, -0.1) is 0 Å². The predicted octanol–water partition coefficient (Wildman–Crippen LogP) is 2.71. The lowest BCUT2D eigenvalue weighted by Crippen LogP contribution is -2.27. The Morgan fingerprint density at radius 1 is 1.07 bits per heavy atom. The fraction of sp³-hybridized carbons (Fsp3) is 0.350. The number of amides is 1. The zero-order valence-electron chi connectivity index (χ0n) is 15.6. The summed E-state index contributed by atoms with van der Waals surface area (Å²) in [6, 6.07) is 15.3. The van der Waals surface area contributed by atoms with Gasteiger partial charge < -0.3 is 10.1 Å². The molecule has 0 aliphatic carbocycles. The summed E-state index contributed by atoms with van der Waals surface area (Å²) < 4.78 is 32.9. The second kappa shape index (κ2) is 10.2. The first-order valence-corrected chi connectivity index (χ1v) is 10.4. The van der Waals surface area contributed by atoms with Crippen LogP contribution >= 0.6 is 0 Å². The van der Waals surface area contributed by atoms with Gasteiger partial charge in [-0.1, -0.05) is 36.4 Å². The zero-order valence-corrected chi connectivity index (χ0v) is 16.5. The summed E-state index contributed by atoms with van der Waals surface area (Å²) in [4.78, 5) is 12.3. The molecule has 0 aliphatic rings. The number of ether oxygens (including phenoxy) is 1. The molecule has 2 aromatic rings. The van der Waals surface area contributed by atoms with Crippen molar-refractivity contribution in [1.29, 1.82) is 0 Å². The van der Waals surface area contributed by atoms with Crippen LogP contribution in [0.3, 0.4) is 0 Å². The molecule has 0 fully saturated rings. The molecule has 2 rings (SSSR count). The van der Waals surface area contributed by atoms with Crippen molar-refractivity contribution < 1.29 is 17.9 Å². The van der Waals surface area contributed by atoms with Crippen LogP contribution in [0, 0.1) is 0 Å². The normalized spacial score (nSPS) is 11.5. The van der Waals surface area contributed by atoms with Gasteiger partial charge in [0, 0.05) is 25.3 Å². The Morgan fingerprint density at radius 3 is 2.52 bits per heavy atom. The Morgan fingerprint density at radius 2 is 1.81 bits per heavy atom. The summed E-state index contributed by atoms with van der Waals surface area (Å²) in [5.74, 6) is -0.306. The van der Waals surface area contributed by atoms with Crippen LogP contribution in [0.15, 0.2) is 59.5 Å². The number of hydrogen-bond donors (Lipinski definition) is 2. The van der Waals surface area contributed by atoms with Gasteiger partial charge in [0.05, 0.1) is 11.0 Å². The number of nitrogens with one attached hydrogen (secondary N) is 2. The highest BCUT2D eigenvalue weighted by Gasteiger charge is 2.16. The minimum Gasteiger partial charge on any atom is -0.379 e. The Labute approximate surface area is 161 Å². The van der Waals surface area contributed by atoms with E-state index >= 15 is 0 Å². The third-order valence-electron chi connectivity index (χ3n) is 3.77. The van der Waals surface area contributed by atoms with Gasteiger partial charge in [-0.3, -0.25) is 4.79 Å². The van der Waals surface area contributed by atoms with E-state index in [-0.39, 0.29) is 23.5 Å². The van der Waals surface area contributed by atoms with E-state index < -0.39 is 10.0 Å². The number of rotatable bonds is 10. The molecule has 0 radical (unpaired) electrons. The van der Waals surface area contributed by atoms with E-state index in [1.54, 1.807) is 12.1 Å². The van der Waals surface area contributed by atoms with Crippen molar-refractivity contribution >= 4 is 15.9 Å². The number of carbonyl (C=O) groups is 1. The topological polar surface area (TPSA) is 84.5 Å². The van der Waals surface area contributed by atoms with Gasteiger partial charge in [0.15, 0.2) is 0 Å². The van der Waals surface area contributed by atoms with Crippen molar-refractivity contribution in [2.24, 2.45) is 0 Å². The van der Waals surface area contributed by atoms with Gasteiger partial charge in [-0.2, -0.15) is 0 Å². The summed E-state index contributed by atoms with van der Waals surface area (Å²) in [6.45, 7) is 5.13. The summed E-state index contributed by atoms with van der Waals surface area (Å²) in [5.41, 5.74) is 1.17. The van der Waals surface area contributed by atoms with Crippen LogP contribution < -0.4 is 10.0 Å². The Kier molecular flexibility index (Phi) is 7.97. The SMILES string of the molecule is CC(C)OCCCNC(=O)c1cccc(S(=O)(=O)NCc2ccccc2)c1. The van der Waals surface area contributed by atoms with Crippen molar-refractivity contribution in [1.82, 2.24) is 10.0 Å². The summed E-state index contributed by atoms with van der Waals surface area (Å²) in [5, 5.41) is 2.78. The molecule has 146 valence electrons. The summed E-state index contributed by atoms with van der Waals surface area (Å²) in [6.07, 6.45) is 0.853. The van der Waals surface area contributed by atoms with Crippen LogP contribution in [0.2, 0.25) is 0 Å². The van der Waals surface area contributed by atoms with E-state index in [9.17, 15) is 13.2 Å². The van der Waals surface area contributed by atoms with Crippen molar-refractivity contribution in [3.63, 3.8) is 0 Å². The molecule has 6 nitrogen and oxygen atoms in total. The molecule has 0 saturated carbocycles. The van der Waals surface area contributed by atoms with Crippen molar-refractivity contribution in [2.75, 3.05) is 13.2 Å². The van der Waals surface area contributed by atoms with E-state index in [4.69, 9.17) is 4.74 Å². The predicted molar refractivity (Wildman–Crippen MR) is 105 cm³/mol. The Balaban J connectivity index is 1.93. The van der Waals surface area contributed by atoms with Crippen LogP contribution in [-0.2, 0) is 21.3 Å². The molecular weight excluding hydrogens is 364 g/mol. The maximum Gasteiger partial charge on any atom is 0.251 e. The molecule has 7 heteroatoms. The molecule has 1 amide bonds. The van der Waals surface area contributed by atoms with E-state index in [1.807, 2.05) is 44.2 Å². The molecule has 0 unspecified atom stereocenters. The standard InChI is InChI=1S/C20H26N2O4S/c1-16(2)26-13-7-12-21-20(23)18-10-6-11-19(14-18)27(24,25)22-15-17-8-4-3-5-9-17/h3-6,8-11,14,16,22H,7,12-13,15H2,1-2H3,(H,21,23). The third-order valence-corrected chi connectivity index (χ3v) is 5.17. The molecule has 2 aromatic carbocycles. The zero-order chi connectivity index (χ0) is 19.7. The second-order valence-electron chi connectivity index (χ2n) is 6.37. The first-order chi connectivity index (χ1) is 12.9. The van der Waals surface area contributed by atoms with Crippen LogP contribution in [0.5, 0.6) is 0 Å². The van der Waals surface area contributed by atoms with Crippen LogP contribution in [0.1, 0.15) is 36.2 Å². The molecule has 0 spiro atoms. The van der Waals surface area contributed by atoms with Crippen molar-refractivity contribution in [2.45, 2.75) is 37.8 Å². The van der Waals surface area contributed by atoms with Gasteiger partial charge in [0.2, 0.25) is 10.0 Å². The smallest absolute Gasteiger partial charge is 0.251 e. The van der Waals surface area contributed by atoms with Crippen LogP contribution in [-0.4, -0.2) is 33.6 Å². The van der Waals surface area contributed by atoms with Gasteiger partial charge in [-0.25, -0.2) is 13.1 Å². The molecule has 0 aliphatic heterocycles. The molecular formula is C20H26N2O4S. The highest BCUT2D eigenvalue weighted by Crippen LogP contribution is 2.12. The number of hydrogen-bond acceptors (Lipinski definition) is 4. The van der Waals surface area contributed by atoms with Gasteiger partial charge >= 0.3 is 0 Å². The first-order valence-electron chi connectivity index (χ1n) is 8.92. The van der Waals surface area contributed by atoms with E-state index in [0.717, 1.165) is 5.56 Å². The highest BCUT2D eigenvalue weighted by molar-refractivity contribution is 7.89. The lowest BCUT2D eigenvalue weighted by molar-refractivity contribution is 0.0757. The average molecular weight is 391 g/mol. The van der Waals surface area contributed by atoms with Gasteiger partial charge in [0.25, 0.3) is 5.91 Å². The fourth-order valence-electron chi connectivity index (χ4n) is 2.36. The minimum atomic E-state index is -3.70. The maximum absolute atomic E-state index is 12.5. The molecule has 27 heavy (non-hydrogen) atoms. The Bertz CT molecular complexity index is 836. The van der Waals surface area contributed by atoms with Crippen LogP contribution in [0.4, 0.5) is 0 Å². The summed E-state index contributed by atoms with van der Waals surface area (Å²) >= 11 is 0. The highest BCUT2D eigenvalue weighted by atomic mass is 32.2. The second-order valence-corrected chi connectivity index (χ2v) is 8.13. The van der Waals surface area contributed by atoms with Gasteiger partial charge in [-0.05, 0) is 44.0 Å². The Hall–Kier alpha value is -2.22. The number of benzene rings is 2. The van der Waals surface area contributed by atoms with E-state index in [0.29, 0.717) is 25.1 Å². The van der Waals surface area contributed by atoms with Gasteiger partial charge in [0.1, 0.15) is 0 Å². The lowest BCUT2D eigenvalue weighted by Gasteiger charge is -2.10. The summed E-state index contributed by atoms with van der Waals surface area (Å²) in [7, 11) is -3.70. The molecule has 0 atom stereocenters. The van der Waals surface area contributed by atoms with Crippen molar-refractivity contribution in [3.8, 4) is 0 Å². The largest absolute Gasteiger partial charge is 0.379 e. The quantitative estimate of drug-likeness (QED) is 0.611.